The van der Waals surface area contributed by atoms with Crippen molar-refractivity contribution in [3.05, 3.63) is 65.2 Å². The van der Waals surface area contributed by atoms with Crippen molar-refractivity contribution in [3.8, 4) is 0 Å². The number of carbonyl (C=O) groups excluding carboxylic acids is 1. The molecule has 0 atom stereocenters. The standard InChI is InChI=1S/C18H22N4O4S/c1-21-9-10-22(27(25,26)20-17-5-3-2-4-6-17)13-15-8-7-14(18(23)19-24)11-16(15)12-21/h2-8,11,20,24H,9-10,12-13H2,1H3,(H,19,23). The molecule has 0 saturated heterocycles. The summed E-state index contributed by atoms with van der Waals surface area (Å²) in [4.78, 5) is 13.7. The van der Waals surface area contributed by atoms with Crippen molar-refractivity contribution in [1.29, 1.82) is 0 Å². The van der Waals surface area contributed by atoms with Gasteiger partial charge in [0.15, 0.2) is 0 Å². The molecule has 3 N–H and O–H groups in total. The van der Waals surface area contributed by atoms with Crippen LogP contribution in [0.1, 0.15) is 21.5 Å². The van der Waals surface area contributed by atoms with Crippen LogP contribution < -0.4 is 10.2 Å². The van der Waals surface area contributed by atoms with E-state index in [2.05, 4.69) is 4.72 Å². The van der Waals surface area contributed by atoms with E-state index in [1.54, 1.807) is 47.9 Å². The molecule has 1 aliphatic heterocycles. The van der Waals surface area contributed by atoms with Crippen LogP contribution in [0.2, 0.25) is 0 Å². The summed E-state index contributed by atoms with van der Waals surface area (Å²) in [5, 5.41) is 8.83. The summed E-state index contributed by atoms with van der Waals surface area (Å²) in [6.07, 6.45) is 0. The first kappa shape index (κ1) is 19.3. The van der Waals surface area contributed by atoms with Crippen LogP contribution in [0.5, 0.6) is 0 Å². The molecule has 0 radical (unpaired) electrons. The minimum absolute atomic E-state index is 0.201. The molecule has 0 bridgehead atoms. The average Bonchev–Trinajstić information content (AvgIpc) is 2.64. The van der Waals surface area contributed by atoms with Crippen molar-refractivity contribution in [1.82, 2.24) is 14.7 Å². The third-order valence-corrected chi connectivity index (χ3v) is 5.93. The van der Waals surface area contributed by atoms with Gasteiger partial charge < -0.3 is 4.90 Å². The summed E-state index contributed by atoms with van der Waals surface area (Å²) >= 11 is 0. The highest BCUT2D eigenvalue weighted by molar-refractivity contribution is 7.90. The first-order valence-corrected chi connectivity index (χ1v) is 9.91. The fourth-order valence-electron chi connectivity index (χ4n) is 2.98. The number of amides is 1. The minimum atomic E-state index is -3.74. The van der Waals surface area contributed by atoms with Gasteiger partial charge in [0.25, 0.3) is 5.91 Å². The van der Waals surface area contributed by atoms with E-state index in [-0.39, 0.29) is 6.54 Å². The highest BCUT2D eigenvalue weighted by Gasteiger charge is 2.26. The molecule has 9 heteroatoms. The van der Waals surface area contributed by atoms with Crippen molar-refractivity contribution >= 4 is 21.8 Å². The lowest BCUT2D eigenvalue weighted by atomic mass is 10.0. The highest BCUT2D eigenvalue weighted by Crippen LogP contribution is 2.21. The van der Waals surface area contributed by atoms with Crippen molar-refractivity contribution < 1.29 is 18.4 Å². The molecule has 2 aromatic carbocycles. The van der Waals surface area contributed by atoms with Crippen LogP contribution in [0.4, 0.5) is 5.69 Å². The molecular weight excluding hydrogens is 368 g/mol. The molecular formula is C18H22N4O4S. The predicted octanol–water partition coefficient (Wildman–Crippen LogP) is 1.41. The van der Waals surface area contributed by atoms with Crippen LogP contribution in [0.3, 0.4) is 0 Å². The molecule has 27 heavy (non-hydrogen) atoms. The molecule has 0 aliphatic carbocycles. The van der Waals surface area contributed by atoms with Crippen molar-refractivity contribution in [2.45, 2.75) is 13.1 Å². The Morgan fingerprint density at radius 1 is 1.04 bits per heavy atom. The molecule has 0 fully saturated rings. The van der Waals surface area contributed by atoms with E-state index in [9.17, 15) is 13.2 Å². The van der Waals surface area contributed by atoms with Crippen LogP contribution >= 0.6 is 0 Å². The average molecular weight is 390 g/mol. The van der Waals surface area contributed by atoms with Crippen LogP contribution in [0.15, 0.2) is 48.5 Å². The lowest BCUT2D eigenvalue weighted by Crippen LogP contribution is -2.42. The fourth-order valence-corrected chi connectivity index (χ4v) is 4.17. The predicted molar refractivity (Wildman–Crippen MR) is 101 cm³/mol. The zero-order valence-electron chi connectivity index (χ0n) is 14.9. The molecule has 1 heterocycles. The first-order chi connectivity index (χ1) is 12.9. The molecule has 0 unspecified atom stereocenters. The molecule has 144 valence electrons. The maximum atomic E-state index is 12.9. The van der Waals surface area contributed by atoms with Gasteiger partial charge in [-0.3, -0.25) is 14.7 Å². The monoisotopic (exact) mass is 390 g/mol. The number of hydrogen-bond donors (Lipinski definition) is 3. The topological polar surface area (TPSA) is 102 Å². The van der Waals surface area contributed by atoms with E-state index in [1.165, 1.54) is 4.31 Å². The van der Waals surface area contributed by atoms with Crippen molar-refractivity contribution in [2.24, 2.45) is 0 Å². The Labute approximate surface area is 158 Å². The normalized spacial score (nSPS) is 16.1. The van der Waals surface area contributed by atoms with Gasteiger partial charge in [0.2, 0.25) is 0 Å². The first-order valence-electron chi connectivity index (χ1n) is 8.47. The number of carbonyl (C=O) groups is 1. The van der Waals surface area contributed by atoms with Gasteiger partial charge in [-0.25, -0.2) is 5.48 Å². The van der Waals surface area contributed by atoms with E-state index < -0.39 is 16.1 Å². The molecule has 2 aromatic rings. The molecule has 0 spiro atoms. The Hall–Kier alpha value is -2.46. The van der Waals surface area contributed by atoms with Crippen LogP contribution in [-0.2, 0) is 23.3 Å². The van der Waals surface area contributed by atoms with Gasteiger partial charge in [-0.05, 0) is 42.4 Å². The second-order valence-electron chi connectivity index (χ2n) is 6.47. The van der Waals surface area contributed by atoms with Crippen molar-refractivity contribution in [3.63, 3.8) is 0 Å². The van der Waals surface area contributed by atoms with Gasteiger partial charge in [-0.1, -0.05) is 24.3 Å². The zero-order valence-corrected chi connectivity index (χ0v) is 15.7. The number of nitrogens with zero attached hydrogens (tertiary/aromatic N) is 2. The van der Waals surface area contributed by atoms with Crippen molar-refractivity contribution in [2.75, 3.05) is 24.9 Å². The number of hydrogen-bond acceptors (Lipinski definition) is 5. The van der Waals surface area contributed by atoms with E-state index in [0.29, 0.717) is 30.9 Å². The number of nitrogens with one attached hydrogen (secondary N) is 2. The van der Waals surface area contributed by atoms with Crippen LogP contribution in [0, 0.1) is 0 Å². The van der Waals surface area contributed by atoms with Gasteiger partial charge in [0.1, 0.15) is 0 Å². The van der Waals surface area contributed by atoms with Gasteiger partial charge in [0.05, 0.1) is 0 Å². The van der Waals surface area contributed by atoms with Gasteiger partial charge >= 0.3 is 10.2 Å². The number of anilines is 1. The summed E-state index contributed by atoms with van der Waals surface area (Å²) in [6, 6.07) is 13.7. The Bertz CT molecular complexity index is 918. The number of para-hydroxylation sites is 1. The summed E-state index contributed by atoms with van der Waals surface area (Å²) < 4.78 is 29.7. The van der Waals surface area contributed by atoms with Crippen LogP contribution in [-0.4, -0.2) is 48.9 Å². The third kappa shape index (κ3) is 4.64. The van der Waals surface area contributed by atoms with E-state index in [4.69, 9.17) is 5.21 Å². The number of benzene rings is 2. The van der Waals surface area contributed by atoms with Crippen LogP contribution in [0.25, 0.3) is 0 Å². The number of likely N-dealkylation sites (N-methyl/N-ethyl adjacent to an activating group) is 1. The lowest BCUT2D eigenvalue weighted by Gasteiger charge is -2.30. The highest BCUT2D eigenvalue weighted by atomic mass is 32.2. The zero-order chi connectivity index (χ0) is 19.4. The number of rotatable bonds is 4. The Kier molecular flexibility index (Phi) is 5.76. The third-order valence-electron chi connectivity index (χ3n) is 4.45. The Morgan fingerprint density at radius 3 is 2.48 bits per heavy atom. The largest absolute Gasteiger partial charge is 0.301 e. The number of fused-ring (bicyclic) bond motifs is 1. The van der Waals surface area contributed by atoms with E-state index in [1.807, 2.05) is 18.0 Å². The Balaban J connectivity index is 1.89. The lowest BCUT2D eigenvalue weighted by molar-refractivity contribution is 0.0706. The second-order valence-corrected chi connectivity index (χ2v) is 8.14. The minimum Gasteiger partial charge on any atom is -0.301 e. The smallest absolute Gasteiger partial charge is 0.301 e. The summed E-state index contributed by atoms with van der Waals surface area (Å²) in [7, 11) is -1.84. The second kappa shape index (κ2) is 8.05. The number of hydroxylamine groups is 1. The maximum Gasteiger partial charge on any atom is 0.301 e. The Morgan fingerprint density at radius 2 is 1.78 bits per heavy atom. The molecule has 8 nitrogen and oxygen atoms in total. The molecule has 1 amide bonds. The molecule has 3 rings (SSSR count). The quantitative estimate of drug-likeness (QED) is 0.541. The summed E-state index contributed by atoms with van der Waals surface area (Å²) in [5.41, 5.74) is 4.10. The SMILES string of the molecule is CN1CCN(S(=O)(=O)Nc2ccccc2)Cc2ccc(C(=O)NO)cc2C1. The summed E-state index contributed by atoms with van der Waals surface area (Å²) in [6.45, 7) is 1.68. The fraction of sp³-hybridized carbons (Fsp3) is 0.278. The van der Waals surface area contributed by atoms with E-state index >= 15 is 0 Å². The van der Waals surface area contributed by atoms with Gasteiger partial charge in [0, 0.05) is 37.4 Å². The molecule has 0 aromatic heterocycles. The van der Waals surface area contributed by atoms with Gasteiger partial charge in [-0.15, -0.1) is 0 Å². The summed E-state index contributed by atoms with van der Waals surface area (Å²) in [5.74, 6) is -0.599. The molecule has 0 saturated carbocycles. The molecule has 1 aliphatic rings. The van der Waals surface area contributed by atoms with E-state index in [0.717, 1.165) is 11.1 Å². The van der Waals surface area contributed by atoms with Gasteiger partial charge in [-0.2, -0.15) is 12.7 Å². The maximum absolute atomic E-state index is 12.9.